The van der Waals surface area contributed by atoms with Crippen LogP contribution in [0.25, 0.3) is 0 Å². The lowest BCUT2D eigenvalue weighted by atomic mass is 9.75. The number of nitriles is 1. The van der Waals surface area contributed by atoms with Gasteiger partial charge in [0.2, 0.25) is 5.91 Å². The number of hydrogen-bond donors (Lipinski definition) is 0. The predicted molar refractivity (Wildman–Crippen MR) is 115 cm³/mol. The smallest absolute Gasteiger partial charge is 0.248 e. The molecule has 1 amide bonds. The summed E-state index contributed by atoms with van der Waals surface area (Å²) in [6, 6.07) is 7.79. The van der Waals surface area contributed by atoms with E-state index in [2.05, 4.69) is 27.9 Å². The van der Waals surface area contributed by atoms with Gasteiger partial charge < -0.3 is 14.5 Å². The SMILES string of the molecule is C[C@H]1CC2CN(C(=O)COC3(c4ccncc4F)CCC3)CC1N2c1ccc(C#N)cn1. The number of carbonyl (C=O) groups is 1. The lowest BCUT2D eigenvalue weighted by Crippen LogP contribution is -2.57. The molecule has 4 heterocycles. The summed E-state index contributed by atoms with van der Waals surface area (Å²) in [4.78, 5) is 25.6. The number of halogens is 1. The first-order valence-electron chi connectivity index (χ1n) is 11.2. The Labute approximate surface area is 186 Å². The highest BCUT2D eigenvalue weighted by Crippen LogP contribution is 2.45. The van der Waals surface area contributed by atoms with E-state index < -0.39 is 5.60 Å². The third-order valence-electron chi connectivity index (χ3n) is 7.28. The summed E-state index contributed by atoms with van der Waals surface area (Å²) in [5, 5.41) is 9.03. The van der Waals surface area contributed by atoms with E-state index in [1.54, 1.807) is 24.5 Å². The van der Waals surface area contributed by atoms with Crippen LogP contribution in [0.5, 0.6) is 0 Å². The minimum absolute atomic E-state index is 0.0509. The summed E-state index contributed by atoms with van der Waals surface area (Å²) >= 11 is 0. The van der Waals surface area contributed by atoms with Crippen molar-refractivity contribution < 1.29 is 13.9 Å². The van der Waals surface area contributed by atoms with Crippen molar-refractivity contribution in [2.75, 3.05) is 24.6 Å². The van der Waals surface area contributed by atoms with Crippen molar-refractivity contribution in [2.45, 2.75) is 50.3 Å². The first-order chi connectivity index (χ1) is 15.5. The largest absolute Gasteiger partial charge is 0.360 e. The van der Waals surface area contributed by atoms with E-state index in [0.717, 1.165) is 18.7 Å². The van der Waals surface area contributed by atoms with Crippen LogP contribution in [0.1, 0.15) is 43.7 Å². The molecule has 0 radical (unpaired) electrons. The summed E-state index contributed by atoms with van der Waals surface area (Å²) in [5.74, 6) is 0.852. The van der Waals surface area contributed by atoms with Gasteiger partial charge in [0.1, 0.15) is 24.3 Å². The van der Waals surface area contributed by atoms with Crippen LogP contribution < -0.4 is 4.90 Å². The van der Waals surface area contributed by atoms with Crippen LogP contribution in [-0.2, 0) is 15.1 Å². The van der Waals surface area contributed by atoms with Gasteiger partial charge in [0.05, 0.1) is 23.4 Å². The zero-order chi connectivity index (χ0) is 22.3. The van der Waals surface area contributed by atoms with Crippen molar-refractivity contribution in [1.29, 1.82) is 5.26 Å². The summed E-state index contributed by atoms with van der Waals surface area (Å²) in [6.45, 7) is 3.38. The monoisotopic (exact) mass is 435 g/mol. The number of nitrogens with zero attached hydrogens (tertiary/aromatic N) is 5. The molecule has 2 bridgehead atoms. The average Bonchev–Trinajstić information content (AvgIpc) is 2.98. The summed E-state index contributed by atoms with van der Waals surface area (Å²) in [7, 11) is 0. The van der Waals surface area contributed by atoms with Gasteiger partial charge in [0, 0.05) is 37.1 Å². The van der Waals surface area contributed by atoms with E-state index in [-0.39, 0.29) is 30.4 Å². The molecule has 5 rings (SSSR count). The van der Waals surface area contributed by atoms with Crippen LogP contribution >= 0.6 is 0 Å². The van der Waals surface area contributed by atoms with Crippen molar-refractivity contribution in [2.24, 2.45) is 5.92 Å². The Bertz CT molecular complexity index is 1050. The fourth-order valence-corrected chi connectivity index (χ4v) is 5.42. The lowest BCUT2D eigenvalue weighted by molar-refractivity contribution is -0.155. The lowest BCUT2D eigenvalue weighted by Gasteiger charge is -2.44. The van der Waals surface area contributed by atoms with E-state index in [9.17, 15) is 9.18 Å². The van der Waals surface area contributed by atoms with Gasteiger partial charge in [-0.15, -0.1) is 0 Å². The molecule has 2 aromatic rings. The third kappa shape index (κ3) is 3.51. The van der Waals surface area contributed by atoms with Gasteiger partial charge in [0.25, 0.3) is 0 Å². The number of ether oxygens (including phenoxy) is 1. The van der Waals surface area contributed by atoms with Crippen LogP contribution in [0.3, 0.4) is 0 Å². The number of likely N-dealkylation sites (tertiary alicyclic amines) is 1. The minimum atomic E-state index is -0.719. The van der Waals surface area contributed by atoms with Gasteiger partial charge >= 0.3 is 0 Å². The number of rotatable bonds is 5. The molecule has 166 valence electrons. The van der Waals surface area contributed by atoms with E-state index in [4.69, 9.17) is 10.00 Å². The molecule has 3 atom stereocenters. The van der Waals surface area contributed by atoms with Gasteiger partial charge in [-0.25, -0.2) is 9.37 Å². The number of pyridine rings is 2. The number of amides is 1. The fourth-order valence-electron chi connectivity index (χ4n) is 5.42. The Morgan fingerprint density at radius 2 is 2.16 bits per heavy atom. The maximum absolute atomic E-state index is 14.3. The molecule has 0 N–H and O–H groups in total. The number of carbonyl (C=O) groups excluding carboxylic acids is 1. The molecule has 2 aliphatic heterocycles. The molecular formula is C24H26FN5O2. The molecule has 32 heavy (non-hydrogen) atoms. The molecule has 1 aliphatic carbocycles. The number of fused-ring (bicyclic) bond motifs is 2. The first-order valence-corrected chi connectivity index (χ1v) is 11.2. The zero-order valence-corrected chi connectivity index (χ0v) is 18.1. The molecule has 0 aromatic carbocycles. The van der Waals surface area contributed by atoms with E-state index in [1.165, 1.54) is 6.20 Å². The molecule has 7 nitrogen and oxygen atoms in total. The highest BCUT2D eigenvalue weighted by Gasteiger charge is 2.47. The van der Waals surface area contributed by atoms with Gasteiger partial charge in [-0.1, -0.05) is 6.92 Å². The van der Waals surface area contributed by atoms with Crippen molar-refractivity contribution in [1.82, 2.24) is 14.9 Å². The van der Waals surface area contributed by atoms with Gasteiger partial charge in [-0.3, -0.25) is 9.78 Å². The van der Waals surface area contributed by atoms with E-state index >= 15 is 0 Å². The van der Waals surface area contributed by atoms with Crippen molar-refractivity contribution in [3.8, 4) is 6.07 Å². The molecule has 0 spiro atoms. The Hall–Kier alpha value is -3.05. The quantitative estimate of drug-likeness (QED) is 0.718. The third-order valence-corrected chi connectivity index (χ3v) is 7.28. The van der Waals surface area contributed by atoms with Crippen LogP contribution in [0.15, 0.2) is 36.8 Å². The number of anilines is 1. The Morgan fingerprint density at radius 3 is 2.78 bits per heavy atom. The Kier molecular flexibility index (Phi) is 5.30. The molecular weight excluding hydrogens is 409 g/mol. The summed E-state index contributed by atoms with van der Waals surface area (Å²) in [6.07, 6.45) is 7.73. The van der Waals surface area contributed by atoms with Crippen molar-refractivity contribution >= 4 is 11.7 Å². The molecule has 1 saturated carbocycles. The standard InChI is InChI=1S/C24H26FN5O2/c1-16-9-18-13-29(14-21(16)30(18)22-4-3-17(10-26)11-28-22)23(31)15-32-24(6-2-7-24)19-5-8-27-12-20(19)25/h3-5,8,11-12,16,18,21H,2,6-7,9,13-15H2,1H3/t16-,18?,21?/m0/s1. The topological polar surface area (TPSA) is 82.4 Å². The van der Waals surface area contributed by atoms with Crippen LogP contribution in [0, 0.1) is 23.1 Å². The Morgan fingerprint density at radius 1 is 1.31 bits per heavy atom. The molecule has 2 unspecified atom stereocenters. The van der Waals surface area contributed by atoms with Gasteiger partial charge in [-0.2, -0.15) is 5.26 Å². The molecule has 8 heteroatoms. The summed E-state index contributed by atoms with van der Waals surface area (Å²) < 4.78 is 20.4. The second-order valence-electron chi connectivity index (χ2n) is 9.15. The zero-order valence-electron chi connectivity index (χ0n) is 18.1. The Balaban J connectivity index is 1.26. The van der Waals surface area contributed by atoms with Gasteiger partial charge in [0.15, 0.2) is 0 Å². The first kappa shape index (κ1) is 20.8. The molecule has 3 fully saturated rings. The van der Waals surface area contributed by atoms with E-state index in [1.807, 2.05) is 11.0 Å². The minimum Gasteiger partial charge on any atom is -0.360 e. The number of aromatic nitrogens is 2. The van der Waals surface area contributed by atoms with Gasteiger partial charge in [-0.05, 0) is 49.8 Å². The fraction of sp³-hybridized carbons (Fsp3) is 0.500. The molecule has 3 aliphatic rings. The van der Waals surface area contributed by atoms with Crippen LogP contribution in [0.2, 0.25) is 0 Å². The normalized spacial score (nSPS) is 25.8. The average molecular weight is 436 g/mol. The molecule has 2 aromatic heterocycles. The van der Waals surface area contributed by atoms with Crippen LogP contribution in [-0.4, -0.2) is 52.6 Å². The summed E-state index contributed by atoms with van der Waals surface area (Å²) in [5.41, 5.74) is 0.316. The predicted octanol–water partition coefficient (Wildman–Crippen LogP) is 3.01. The molecule has 2 saturated heterocycles. The second-order valence-corrected chi connectivity index (χ2v) is 9.15. The highest BCUT2D eigenvalue weighted by molar-refractivity contribution is 5.78. The van der Waals surface area contributed by atoms with Crippen LogP contribution in [0.4, 0.5) is 10.2 Å². The maximum Gasteiger partial charge on any atom is 0.248 e. The number of hydrogen-bond acceptors (Lipinski definition) is 6. The van der Waals surface area contributed by atoms with Crippen molar-refractivity contribution in [3.63, 3.8) is 0 Å². The number of piperazine rings is 1. The maximum atomic E-state index is 14.3. The second kappa shape index (κ2) is 8.14. The van der Waals surface area contributed by atoms with E-state index in [0.29, 0.717) is 43.0 Å². The van der Waals surface area contributed by atoms with Crippen molar-refractivity contribution in [3.05, 3.63) is 53.7 Å². The highest BCUT2D eigenvalue weighted by atomic mass is 19.1.